The molecule has 0 radical (unpaired) electrons. The number of aliphatic imine (C=N–C) groups is 1. The molecule has 3 rings (SSSR count). The highest BCUT2D eigenvalue weighted by molar-refractivity contribution is 5.82. The summed E-state index contributed by atoms with van der Waals surface area (Å²) in [7, 11) is 4.95. The number of likely N-dealkylation sites (tertiary alicyclic amines) is 2. The maximum Gasteiger partial charge on any atom is 0.310 e. The largest absolute Gasteiger partial charge is 0.497 e. The molecule has 0 spiro atoms. The molecule has 29 heavy (non-hydrogen) atoms. The standard InChI is InChI=1S/C22H34N4O3/c1-16-14-26(15-19(16)21(27)29-4)22(23-2)24-13-20(25-11-5-6-12-25)17-7-9-18(28-3)10-8-17/h7-10,16,19-20H,5-6,11-15H2,1-4H3,(H,23,24). The van der Waals surface area contributed by atoms with Crippen molar-refractivity contribution in [2.24, 2.45) is 16.8 Å². The lowest BCUT2D eigenvalue weighted by Gasteiger charge is -2.30. The Labute approximate surface area is 174 Å². The molecule has 3 atom stereocenters. The predicted octanol–water partition coefficient (Wildman–Crippen LogP) is 2.15. The summed E-state index contributed by atoms with van der Waals surface area (Å²) < 4.78 is 10.3. The van der Waals surface area contributed by atoms with E-state index in [1.807, 2.05) is 12.1 Å². The van der Waals surface area contributed by atoms with Crippen molar-refractivity contribution < 1.29 is 14.3 Å². The molecular formula is C22H34N4O3. The summed E-state index contributed by atoms with van der Waals surface area (Å²) in [6.45, 7) is 6.54. The van der Waals surface area contributed by atoms with Crippen LogP contribution in [0.1, 0.15) is 31.4 Å². The van der Waals surface area contributed by atoms with Crippen molar-refractivity contribution in [3.05, 3.63) is 29.8 Å². The van der Waals surface area contributed by atoms with Gasteiger partial charge < -0.3 is 19.7 Å². The summed E-state index contributed by atoms with van der Waals surface area (Å²) in [6, 6.07) is 8.62. The molecular weight excluding hydrogens is 368 g/mol. The van der Waals surface area contributed by atoms with Gasteiger partial charge in [0.05, 0.1) is 26.2 Å². The van der Waals surface area contributed by atoms with E-state index in [9.17, 15) is 4.79 Å². The molecule has 7 nitrogen and oxygen atoms in total. The Balaban J connectivity index is 1.68. The van der Waals surface area contributed by atoms with E-state index in [1.165, 1.54) is 25.5 Å². The van der Waals surface area contributed by atoms with Crippen LogP contribution in [-0.4, -0.2) is 75.7 Å². The Bertz CT molecular complexity index is 701. The first kappa shape index (κ1) is 21.4. The van der Waals surface area contributed by atoms with E-state index in [4.69, 9.17) is 9.47 Å². The minimum atomic E-state index is -0.136. The second-order valence-electron chi connectivity index (χ2n) is 7.97. The zero-order valence-electron chi connectivity index (χ0n) is 18.1. The molecule has 160 valence electrons. The van der Waals surface area contributed by atoms with Crippen LogP contribution < -0.4 is 10.1 Å². The fraction of sp³-hybridized carbons (Fsp3) is 0.636. The maximum absolute atomic E-state index is 12.0. The van der Waals surface area contributed by atoms with Gasteiger partial charge in [0.1, 0.15) is 5.75 Å². The number of ether oxygens (including phenoxy) is 2. The lowest BCUT2D eigenvalue weighted by molar-refractivity contribution is -0.145. The van der Waals surface area contributed by atoms with Crippen LogP contribution in [0, 0.1) is 11.8 Å². The van der Waals surface area contributed by atoms with Gasteiger partial charge in [-0.2, -0.15) is 0 Å². The summed E-state index contributed by atoms with van der Waals surface area (Å²) in [5.41, 5.74) is 1.28. The minimum absolute atomic E-state index is 0.102. The Hall–Kier alpha value is -2.28. The third-order valence-corrected chi connectivity index (χ3v) is 6.16. The number of carbonyl (C=O) groups is 1. The molecule has 0 saturated carbocycles. The van der Waals surface area contributed by atoms with Gasteiger partial charge in [-0.3, -0.25) is 14.7 Å². The Morgan fingerprint density at radius 1 is 1.21 bits per heavy atom. The maximum atomic E-state index is 12.0. The van der Waals surface area contributed by atoms with Gasteiger partial charge in [0.25, 0.3) is 0 Å². The van der Waals surface area contributed by atoms with Crippen molar-refractivity contribution in [2.45, 2.75) is 25.8 Å². The second-order valence-corrected chi connectivity index (χ2v) is 7.97. The van der Waals surface area contributed by atoms with Gasteiger partial charge >= 0.3 is 5.97 Å². The molecule has 2 aliphatic heterocycles. The van der Waals surface area contributed by atoms with Crippen molar-refractivity contribution in [1.29, 1.82) is 0 Å². The average molecular weight is 403 g/mol. The van der Waals surface area contributed by atoms with E-state index >= 15 is 0 Å². The van der Waals surface area contributed by atoms with E-state index in [-0.39, 0.29) is 23.8 Å². The van der Waals surface area contributed by atoms with E-state index in [0.717, 1.165) is 37.9 Å². The molecule has 1 N–H and O–H groups in total. The van der Waals surface area contributed by atoms with Gasteiger partial charge in [-0.05, 0) is 49.5 Å². The van der Waals surface area contributed by atoms with Gasteiger partial charge in [0, 0.05) is 26.7 Å². The Morgan fingerprint density at radius 3 is 2.48 bits per heavy atom. The highest BCUT2D eigenvalue weighted by Crippen LogP contribution is 2.27. The molecule has 3 unspecified atom stereocenters. The third kappa shape index (κ3) is 5.01. The quantitative estimate of drug-likeness (QED) is 0.447. The molecule has 0 amide bonds. The smallest absolute Gasteiger partial charge is 0.310 e. The number of nitrogens with zero attached hydrogens (tertiary/aromatic N) is 3. The van der Waals surface area contributed by atoms with Crippen molar-refractivity contribution in [2.75, 3.05) is 54.0 Å². The van der Waals surface area contributed by atoms with E-state index in [1.54, 1.807) is 14.2 Å². The lowest BCUT2D eigenvalue weighted by Crippen LogP contribution is -2.44. The number of nitrogens with one attached hydrogen (secondary N) is 1. The average Bonchev–Trinajstić information content (AvgIpc) is 3.41. The van der Waals surface area contributed by atoms with E-state index in [2.05, 4.69) is 39.2 Å². The van der Waals surface area contributed by atoms with E-state index in [0.29, 0.717) is 6.54 Å². The summed E-state index contributed by atoms with van der Waals surface area (Å²) in [5.74, 6) is 1.73. The number of hydrogen-bond acceptors (Lipinski definition) is 5. The molecule has 1 aromatic rings. The SMILES string of the molecule is CN=C(NCC(c1ccc(OC)cc1)N1CCCC1)N1CC(C)C(C(=O)OC)C1. The molecule has 2 fully saturated rings. The van der Waals surface area contributed by atoms with Crippen LogP contribution in [-0.2, 0) is 9.53 Å². The Kier molecular flexibility index (Phi) is 7.36. The lowest BCUT2D eigenvalue weighted by atomic mass is 9.99. The zero-order chi connectivity index (χ0) is 20.8. The monoisotopic (exact) mass is 402 g/mol. The third-order valence-electron chi connectivity index (χ3n) is 6.16. The van der Waals surface area contributed by atoms with Crippen molar-refractivity contribution in [1.82, 2.24) is 15.1 Å². The van der Waals surface area contributed by atoms with Gasteiger partial charge in [-0.25, -0.2) is 0 Å². The molecule has 0 aliphatic carbocycles. The summed E-state index contributed by atoms with van der Waals surface area (Å²) in [5, 5.41) is 3.56. The van der Waals surface area contributed by atoms with Gasteiger partial charge in [0.15, 0.2) is 5.96 Å². The van der Waals surface area contributed by atoms with Crippen LogP contribution >= 0.6 is 0 Å². The van der Waals surface area contributed by atoms with Crippen molar-refractivity contribution in [3.63, 3.8) is 0 Å². The molecule has 2 heterocycles. The molecule has 7 heteroatoms. The predicted molar refractivity (Wildman–Crippen MR) is 114 cm³/mol. The number of guanidine groups is 1. The summed E-state index contributed by atoms with van der Waals surface area (Å²) in [6.07, 6.45) is 2.48. The van der Waals surface area contributed by atoms with Crippen molar-refractivity contribution in [3.8, 4) is 5.75 Å². The highest BCUT2D eigenvalue weighted by atomic mass is 16.5. The number of carbonyl (C=O) groups excluding carboxylic acids is 1. The molecule has 1 aromatic carbocycles. The summed E-state index contributed by atoms with van der Waals surface area (Å²) >= 11 is 0. The van der Waals surface area contributed by atoms with Crippen LogP contribution in [0.25, 0.3) is 0 Å². The normalized spacial score (nSPS) is 23.9. The number of benzene rings is 1. The number of esters is 1. The highest BCUT2D eigenvalue weighted by Gasteiger charge is 2.37. The topological polar surface area (TPSA) is 66.4 Å². The van der Waals surface area contributed by atoms with Crippen LogP contribution in [0.15, 0.2) is 29.3 Å². The van der Waals surface area contributed by atoms with Gasteiger partial charge in [0.2, 0.25) is 0 Å². The number of methoxy groups -OCH3 is 2. The van der Waals surface area contributed by atoms with Gasteiger partial charge in [-0.15, -0.1) is 0 Å². The minimum Gasteiger partial charge on any atom is -0.497 e. The first-order chi connectivity index (χ1) is 14.1. The Morgan fingerprint density at radius 2 is 1.90 bits per heavy atom. The van der Waals surface area contributed by atoms with Gasteiger partial charge in [-0.1, -0.05) is 19.1 Å². The molecule has 0 aromatic heterocycles. The van der Waals surface area contributed by atoms with Crippen LogP contribution in [0.4, 0.5) is 0 Å². The fourth-order valence-corrected chi connectivity index (χ4v) is 4.46. The first-order valence-corrected chi connectivity index (χ1v) is 10.5. The van der Waals surface area contributed by atoms with Crippen molar-refractivity contribution >= 4 is 11.9 Å². The fourth-order valence-electron chi connectivity index (χ4n) is 4.46. The van der Waals surface area contributed by atoms with E-state index < -0.39 is 0 Å². The first-order valence-electron chi connectivity index (χ1n) is 10.5. The zero-order valence-corrected chi connectivity index (χ0v) is 18.1. The number of hydrogen-bond donors (Lipinski definition) is 1. The molecule has 0 bridgehead atoms. The second kappa shape index (κ2) is 9.96. The molecule has 2 aliphatic rings. The summed E-state index contributed by atoms with van der Waals surface area (Å²) in [4.78, 5) is 21.2. The van der Waals surface area contributed by atoms with Crippen LogP contribution in [0.2, 0.25) is 0 Å². The van der Waals surface area contributed by atoms with Crippen LogP contribution in [0.5, 0.6) is 5.75 Å². The van der Waals surface area contributed by atoms with Crippen LogP contribution in [0.3, 0.4) is 0 Å². The number of rotatable bonds is 6. The molecule has 2 saturated heterocycles.